The summed E-state index contributed by atoms with van der Waals surface area (Å²) in [6.07, 6.45) is 2.45. The van der Waals surface area contributed by atoms with Gasteiger partial charge in [0, 0.05) is 25.1 Å². The maximum atomic E-state index is 11.7. The monoisotopic (exact) mass is 283 g/mol. The summed E-state index contributed by atoms with van der Waals surface area (Å²) in [5.74, 6) is 0.823. The van der Waals surface area contributed by atoms with Crippen molar-refractivity contribution in [3.63, 3.8) is 0 Å². The molecule has 2 amide bonds. The fraction of sp³-hybridized carbons (Fsp3) is 0.714. The Labute approximate surface area is 119 Å². The Balaban J connectivity index is 2.39. The lowest BCUT2D eigenvalue weighted by Gasteiger charge is -2.10. The van der Waals surface area contributed by atoms with E-state index in [1.807, 2.05) is 20.8 Å². The van der Waals surface area contributed by atoms with Crippen LogP contribution in [0.15, 0.2) is 4.52 Å². The molecular weight excluding hydrogens is 258 g/mol. The van der Waals surface area contributed by atoms with Crippen LogP contribution >= 0.6 is 0 Å². The first-order chi connectivity index (χ1) is 9.62. The van der Waals surface area contributed by atoms with Gasteiger partial charge >= 0.3 is 6.03 Å². The lowest BCUT2D eigenvalue weighted by Crippen LogP contribution is -2.36. The van der Waals surface area contributed by atoms with Crippen LogP contribution < -0.4 is 10.6 Å². The average Bonchev–Trinajstić information content (AvgIpc) is 2.86. The minimum absolute atomic E-state index is 0.237. The smallest absolute Gasteiger partial charge is 0.315 e. The number of aliphatic hydroxyl groups excluding tert-OH is 1. The van der Waals surface area contributed by atoms with E-state index in [1.165, 1.54) is 0 Å². The van der Waals surface area contributed by atoms with Crippen LogP contribution in [0.1, 0.15) is 50.6 Å². The fourth-order valence-electron chi connectivity index (χ4n) is 1.93. The van der Waals surface area contributed by atoms with Gasteiger partial charge in [0.05, 0.1) is 11.8 Å². The van der Waals surface area contributed by atoms with E-state index in [1.54, 1.807) is 0 Å². The number of aryl methyl sites for hydroxylation is 2. The molecular formula is C14H25N3O3. The highest BCUT2D eigenvalue weighted by molar-refractivity contribution is 5.73. The molecule has 6 heteroatoms. The number of aromatic nitrogens is 1. The zero-order valence-electron chi connectivity index (χ0n) is 12.5. The second-order valence-electron chi connectivity index (χ2n) is 4.70. The number of carbonyl (C=O) groups excluding carboxylic acids is 1. The number of hydrogen-bond acceptors (Lipinski definition) is 4. The van der Waals surface area contributed by atoms with Gasteiger partial charge in [-0.25, -0.2) is 4.79 Å². The highest BCUT2D eigenvalue weighted by atomic mass is 16.5. The summed E-state index contributed by atoms with van der Waals surface area (Å²) < 4.78 is 5.24. The molecule has 0 aliphatic heterocycles. The number of nitrogens with one attached hydrogen (secondary N) is 2. The van der Waals surface area contributed by atoms with Gasteiger partial charge in [-0.1, -0.05) is 25.9 Å². The maximum absolute atomic E-state index is 11.7. The van der Waals surface area contributed by atoms with Gasteiger partial charge in [-0.15, -0.1) is 0 Å². The molecule has 0 aliphatic rings. The van der Waals surface area contributed by atoms with E-state index in [0.717, 1.165) is 29.9 Å². The van der Waals surface area contributed by atoms with Crippen LogP contribution in [0.25, 0.3) is 0 Å². The van der Waals surface area contributed by atoms with Gasteiger partial charge in [-0.2, -0.15) is 0 Å². The van der Waals surface area contributed by atoms with Crippen LogP contribution in [0.4, 0.5) is 4.79 Å². The molecule has 0 spiro atoms. The zero-order chi connectivity index (χ0) is 15.0. The predicted octanol–water partition coefficient (Wildman–Crippen LogP) is 1.76. The first-order valence-electron chi connectivity index (χ1n) is 7.28. The SMILES string of the molecule is CCc1noc(CC)c1CNC(=O)NCCC(O)CC. The van der Waals surface area contributed by atoms with Crippen LogP contribution in [0.2, 0.25) is 0 Å². The Bertz CT molecular complexity index is 396. The Morgan fingerprint density at radius 3 is 2.65 bits per heavy atom. The number of urea groups is 1. The summed E-state index contributed by atoms with van der Waals surface area (Å²) in [6, 6.07) is -0.237. The number of nitrogens with zero attached hydrogens (tertiary/aromatic N) is 1. The zero-order valence-corrected chi connectivity index (χ0v) is 12.5. The first-order valence-corrected chi connectivity index (χ1v) is 7.28. The number of rotatable bonds is 8. The van der Waals surface area contributed by atoms with Gasteiger partial charge in [-0.3, -0.25) is 0 Å². The maximum Gasteiger partial charge on any atom is 0.315 e. The summed E-state index contributed by atoms with van der Waals surface area (Å²) in [7, 11) is 0. The van der Waals surface area contributed by atoms with Gasteiger partial charge < -0.3 is 20.3 Å². The molecule has 20 heavy (non-hydrogen) atoms. The number of carbonyl (C=O) groups is 1. The first kappa shape index (κ1) is 16.5. The van der Waals surface area contributed by atoms with E-state index in [-0.39, 0.29) is 12.1 Å². The summed E-state index contributed by atoms with van der Waals surface area (Å²) in [5.41, 5.74) is 1.86. The number of hydrogen-bond donors (Lipinski definition) is 3. The molecule has 1 atom stereocenters. The van der Waals surface area contributed by atoms with Gasteiger partial charge in [0.2, 0.25) is 0 Å². The van der Waals surface area contributed by atoms with Crippen molar-refractivity contribution in [2.45, 2.75) is 59.1 Å². The van der Waals surface area contributed by atoms with Crippen molar-refractivity contribution < 1.29 is 14.4 Å². The summed E-state index contributed by atoms with van der Waals surface area (Å²) in [4.78, 5) is 11.7. The van der Waals surface area contributed by atoms with Gasteiger partial charge in [0.25, 0.3) is 0 Å². The van der Waals surface area contributed by atoms with Crippen molar-refractivity contribution in [2.24, 2.45) is 0 Å². The van der Waals surface area contributed by atoms with E-state index >= 15 is 0 Å². The third kappa shape index (κ3) is 4.85. The topological polar surface area (TPSA) is 87.4 Å². The minimum atomic E-state index is -0.355. The third-order valence-corrected chi connectivity index (χ3v) is 3.27. The van der Waals surface area contributed by atoms with Crippen molar-refractivity contribution in [3.05, 3.63) is 17.0 Å². The number of aliphatic hydroxyl groups is 1. The summed E-state index contributed by atoms with van der Waals surface area (Å²) in [5, 5.41) is 18.9. The molecule has 1 aromatic heterocycles. The lowest BCUT2D eigenvalue weighted by atomic mass is 10.1. The largest absolute Gasteiger partial charge is 0.393 e. The van der Waals surface area contributed by atoms with Crippen LogP contribution in [0.3, 0.4) is 0 Å². The van der Waals surface area contributed by atoms with Crippen molar-refractivity contribution in [1.82, 2.24) is 15.8 Å². The fourth-order valence-corrected chi connectivity index (χ4v) is 1.93. The Morgan fingerprint density at radius 1 is 1.30 bits per heavy atom. The molecule has 0 fully saturated rings. The molecule has 0 bridgehead atoms. The van der Waals surface area contributed by atoms with E-state index in [0.29, 0.717) is 25.9 Å². The number of amides is 2. The molecule has 3 N–H and O–H groups in total. The Kier molecular flexibility index (Phi) is 7.08. The van der Waals surface area contributed by atoms with Crippen molar-refractivity contribution in [1.29, 1.82) is 0 Å². The van der Waals surface area contributed by atoms with Crippen molar-refractivity contribution in [3.8, 4) is 0 Å². The molecule has 1 aromatic rings. The van der Waals surface area contributed by atoms with Gasteiger partial charge in [-0.05, 0) is 19.3 Å². The van der Waals surface area contributed by atoms with E-state index in [2.05, 4.69) is 15.8 Å². The quantitative estimate of drug-likeness (QED) is 0.678. The van der Waals surface area contributed by atoms with Gasteiger partial charge in [0.1, 0.15) is 5.76 Å². The molecule has 6 nitrogen and oxygen atoms in total. The molecule has 0 saturated carbocycles. The molecule has 114 valence electrons. The molecule has 0 radical (unpaired) electrons. The van der Waals surface area contributed by atoms with Gasteiger partial charge in [0.15, 0.2) is 0 Å². The van der Waals surface area contributed by atoms with E-state index in [9.17, 15) is 9.90 Å². The Morgan fingerprint density at radius 2 is 2.05 bits per heavy atom. The molecule has 1 rings (SSSR count). The standard InChI is InChI=1S/C14H25N3O3/c1-4-10(18)7-8-15-14(19)16-9-11-12(5-2)17-20-13(11)6-3/h10,18H,4-9H2,1-3H3,(H2,15,16,19). The second kappa shape index (κ2) is 8.58. The van der Waals surface area contributed by atoms with Crippen molar-refractivity contribution in [2.75, 3.05) is 6.54 Å². The summed E-state index contributed by atoms with van der Waals surface area (Å²) in [6.45, 7) is 6.79. The molecule has 0 aliphatic carbocycles. The molecule has 0 saturated heterocycles. The van der Waals surface area contributed by atoms with Crippen LogP contribution in [-0.2, 0) is 19.4 Å². The highest BCUT2D eigenvalue weighted by Crippen LogP contribution is 2.15. The predicted molar refractivity (Wildman–Crippen MR) is 76.4 cm³/mol. The van der Waals surface area contributed by atoms with Crippen LogP contribution in [0, 0.1) is 0 Å². The Hall–Kier alpha value is -1.56. The second-order valence-corrected chi connectivity index (χ2v) is 4.70. The van der Waals surface area contributed by atoms with E-state index in [4.69, 9.17) is 4.52 Å². The molecule has 1 unspecified atom stereocenters. The average molecular weight is 283 g/mol. The molecule has 1 heterocycles. The highest BCUT2D eigenvalue weighted by Gasteiger charge is 2.14. The lowest BCUT2D eigenvalue weighted by molar-refractivity contribution is 0.160. The minimum Gasteiger partial charge on any atom is -0.393 e. The van der Waals surface area contributed by atoms with E-state index < -0.39 is 0 Å². The van der Waals surface area contributed by atoms with Crippen molar-refractivity contribution >= 4 is 6.03 Å². The summed E-state index contributed by atoms with van der Waals surface area (Å²) >= 11 is 0. The van der Waals surface area contributed by atoms with Crippen LogP contribution in [0.5, 0.6) is 0 Å². The third-order valence-electron chi connectivity index (χ3n) is 3.27. The normalized spacial score (nSPS) is 12.2. The molecule has 0 aromatic carbocycles. The van der Waals surface area contributed by atoms with Crippen LogP contribution in [-0.4, -0.2) is 28.9 Å².